The van der Waals surface area contributed by atoms with Gasteiger partial charge in [0.25, 0.3) is 0 Å². The normalized spacial score (nSPS) is 29.2. The quantitative estimate of drug-likeness (QED) is 0.733. The van der Waals surface area contributed by atoms with Gasteiger partial charge in [-0.05, 0) is 25.2 Å². The molecule has 1 fully saturated rings. The number of aliphatic carboxylic acids is 1. The Morgan fingerprint density at radius 1 is 1.54 bits per heavy atom. The van der Waals surface area contributed by atoms with Gasteiger partial charge in [0.2, 0.25) is 0 Å². The third kappa shape index (κ3) is 3.35. The van der Waals surface area contributed by atoms with Gasteiger partial charge in [0, 0.05) is 0 Å². The van der Waals surface area contributed by atoms with E-state index < -0.39 is 5.97 Å². The van der Waals surface area contributed by atoms with Crippen LogP contribution in [0.25, 0.3) is 0 Å². The summed E-state index contributed by atoms with van der Waals surface area (Å²) in [5.74, 6) is -0.258. The molecule has 3 nitrogen and oxygen atoms in total. The number of carboxylic acids is 1. The van der Waals surface area contributed by atoms with Crippen molar-refractivity contribution in [2.45, 2.75) is 51.7 Å². The van der Waals surface area contributed by atoms with Crippen LogP contribution >= 0.6 is 0 Å². The van der Waals surface area contributed by atoms with E-state index >= 15 is 0 Å². The summed E-state index contributed by atoms with van der Waals surface area (Å²) in [6.45, 7) is 4.24. The summed E-state index contributed by atoms with van der Waals surface area (Å²) in [7, 11) is 0. The lowest BCUT2D eigenvalue weighted by Gasteiger charge is -2.31. The van der Waals surface area contributed by atoms with Crippen LogP contribution in [0.2, 0.25) is 0 Å². The van der Waals surface area contributed by atoms with Crippen molar-refractivity contribution in [1.29, 1.82) is 0 Å². The van der Waals surface area contributed by atoms with Crippen LogP contribution in [0.3, 0.4) is 0 Å². The molecule has 0 spiro atoms. The summed E-state index contributed by atoms with van der Waals surface area (Å²) in [6.07, 6.45) is 3.43. The highest BCUT2D eigenvalue weighted by Gasteiger charge is 2.25. The highest BCUT2D eigenvalue weighted by Crippen LogP contribution is 2.25. The topological polar surface area (TPSA) is 46.5 Å². The van der Waals surface area contributed by atoms with Crippen LogP contribution in [0.15, 0.2) is 0 Å². The van der Waals surface area contributed by atoms with Crippen LogP contribution in [-0.2, 0) is 9.53 Å². The van der Waals surface area contributed by atoms with Crippen LogP contribution in [0.5, 0.6) is 0 Å². The minimum atomic E-state index is -0.755. The van der Waals surface area contributed by atoms with Gasteiger partial charge in [-0.2, -0.15) is 0 Å². The first-order valence-corrected chi connectivity index (χ1v) is 4.97. The minimum Gasteiger partial charge on any atom is -0.481 e. The monoisotopic (exact) mass is 186 g/mol. The molecule has 0 aromatic rings. The average Bonchev–Trinajstić information content (AvgIpc) is 2.03. The first-order chi connectivity index (χ1) is 6.09. The van der Waals surface area contributed by atoms with Crippen LogP contribution in [0.4, 0.5) is 0 Å². The Hall–Kier alpha value is -0.570. The largest absolute Gasteiger partial charge is 0.481 e. The zero-order valence-electron chi connectivity index (χ0n) is 8.32. The highest BCUT2D eigenvalue weighted by molar-refractivity contribution is 5.67. The molecular weight excluding hydrogens is 168 g/mol. The summed E-state index contributed by atoms with van der Waals surface area (Å²) >= 11 is 0. The highest BCUT2D eigenvalue weighted by atomic mass is 16.5. The molecule has 0 aromatic heterocycles. The van der Waals surface area contributed by atoms with E-state index in [0.29, 0.717) is 5.92 Å². The van der Waals surface area contributed by atoms with Crippen LogP contribution in [0, 0.1) is 5.92 Å². The van der Waals surface area contributed by atoms with Crippen molar-refractivity contribution < 1.29 is 14.6 Å². The van der Waals surface area contributed by atoms with Crippen molar-refractivity contribution >= 4 is 5.97 Å². The molecule has 1 heterocycles. The third-order valence-electron chi connectivity index (χ3n) is 2.53. The summed E-state index contributed by atoms with van der Waals surface area (Å²) in [5, 5.41) is 8.61. The summed E-state index contributed by atoms with van der Waals surface area (Å²) in [6, 6.07) is 0. The molecule has 13 heavy (non-hydrogen) atoms. The molecule has 0 saturated carbocycles. The van der Waals surface area contributed by atoms with Crippen LogP contribution in [-0.4, -0.2) is 23.3 Å². The van der Waals surface area contributed by atoms with E-state index in [-0.39, 0.29) is 18.6 Å². The molecule has 1 N–H and O–H groups in total. The fourth-order valence-corrected chi connectivity index (χ4v) is 1.77. The molecule has 0 amide bonds. The van der Waals surface area contributed by atoms with Crippen molar-refractivity contribution in [1.82, 2.24) is 0 Å². The van der Waals surface area contributed by atoms with Gasteiger partial charge in [-0.3, -0.25) is 4.79 Å². The van der Waals surface area contributed by atoms with E-state index in [1.54, 1.807) is 0 Å². The first-order valence-electron chi connectivity index (χ1n) is 4.97. The lowest BCUT2D eigenvalue weighted by atomic mass is 9.95. The molecule has 2 atom stereocenters. The van der Waals surface area contributed by atoms with Gasteiger partial charge in [0.15, 0.2) is 0 Å². The van der Waals surface area contributed by atoms with Crippen molar-refractivity contribution in [3.8, 4) is 0 Å². The lowest BCUT2D eigenvalue weighted by Crippen LogP contribution is -2.32. The number of hydrogen-bond donors (Lipinski definition) is 1. The molecule has 0 bridgehead atoms. The van der Waals surface area contributed by atoms with Crippen molar-refractivity contribution in [3.05, 3.63) is 0 Å². The third-order valence-corrected chi connectivity index (χ3v) is 2.53. The summed E-state index contributed by atoms with van der Waals surface area (Å²) in [4.78, 5) is 10.5. The Balaban J connectivity index is 2.37. The number of ether oxygens (including phenoxy) is 1. The van der Waals surface area contributed by atoms with Gasteiger partial charge in [-0.1, -0.05) is 13.8 Å². The van der Waals surface area contributed by atoms with Crippen LogP contribution in [0.1, 0.15) is 39.5 Å². The van der Waals surface area contributed by atoms with Crippen LogP contribution < -0.4 is 0 Å². The van der Waals surface area contributed by atoms with Gasteiger partial charge in [0.1, 0.15) is 0 Å². The van der Waals surface area contributed by atoms with Gasteiger partial charge in [-0.25, -0.2) is 0 Å². The number of carboxylic acid groups (broad SMARTS) is 1. The van der Waals surface area contributed by atoms with Gasteiger partial charge < -0.3 is 9.84 Å². The fraction of sp³-hybridized carbons (Fsp3) is 0.900. The second-order valence-corrected chi connectivity index (χ2v) is 4.07. The number of hydrogen-bond acceptors (Lipinski definition) is 2. The number of rotatable bonds is 3. The molecule has 0 radical (unpaired) electrons. The fourth-order valence-electron chi connectivity index (χ4n) is 1.77. The smallest absolute Gasteiger partial charge is 0.305 e. The van der Waals surface area contributed by atoms with E-state index in [2.05, 4.69) is 13.8 Å². The van der Waals surface area contributed by atoms with E-state index in [9.17, 15) is 4.79 Å². The van der Waals surface area contributed by atoms with Crippen molar-refractivity contribution in [2.75, 3.05) is 0 Å². The molecule has 0 aromatic carbocycles. The number of carbonyl (C=O) groups is 1. The molecular formula is C10H18O3. The SMILES string of the molecule is CC(C)C1CCCC(CC(=O)O)O1. The minimum absolute atomic E-state index is 0.0568. The van der Waals surface area contributed by atoms with E-state index in [1.165, 1.54) is 0 Å². The Kier molecular flexibility index (Phi) is 3.72. The van der Waals surface area contributed by atoms with Crippen molar-refractivity contribution in [2.24, 2.45) is 5.92 Å². The Morgan fingerprint density at radius 3 is 2.77 bits per heavy atom. The van der Waals surface area contributed by atoms with Gasteiger partial charge in [0.05, 0.1) is 18.6 Å². The second kappa shape index (κ2) is 4.61. The zero-order chi connectivity index (χ0) is 9.84. The first kappa shape index (κ1) is 10.5. The molecule has 1 rings (SSSR count). The summed E-state index contributed by atoms with van der Waals surface area (Å²) in [5.41, 5.74) is 0. The molecule has 0 aliphatic carbocycles. The Bertz CT molecular complexity index is 177. The van der Waals surface area contributed by atoms with E-state index in [0.717, 1.165) is 19.3 Å². The average molecular weight is 186 g/mol. The standard InChI is InChI=1S/C10H18O3/c1-7(2)9-5-3-4-8(13-9)6-10(11)12/h7-9H,3-6H2,1-2H3,(H,11,12). The molecule has 2 unspecified atom stereocenters. The Morgan fingerprint density at radius 2 is 2.23 bits per heavy atom. The molecule has 1 saturated heterocycles. The molecule has 3 heteroatoms. The van der Waals surface area contributed by atoms with E-state index in [4.69, 9.17) is 9.84 Å². The van der Waals surface area contributed by atoms with E-state index in [1.807, 2.05) is 0 Å². The zero-order valence-corrected chi connectivity index (χ0v) is 8.32. The van der Waals surface area contributed by atoms with Gasteiger partial charge >= 0.3 is 5.97 Å². The summed E-state index contributed by atoms with van der Waals surface area (Å²) < 4.78 is 5.68. The lowest BCUT2D eigenvalue weighted by molar-refractivity contribution is -0.144. The van der Waals surface area contributed by atoms with Crippen molar-refractivity contribution in [3.63, 3.8) is 0 Å². The maximum absolute atomic E-state index is 10.5. The van der Waals surface area contributed by atoms with Gasteiger partial charge in [-0.15, -0.1) is 0 Å². The molecule has 76 valence electrons. The molecule has 1 aliphatic heterocycles. The maximum atomic E-state index is 10.5. The predicted molar refractivity (Wildman–Crippen MR) is 49.6 cm³/mol. The predicted octanol–water partition coefficient (Wildman–Crippen LogP) is 2.05. The Labute approximate surface area is 79.1 Å². The maximum Gasteiger partial charge on any atom is 0.305 e. The second-order valence-electron chi connectivity index (χ2n) is 4.07. The molecule has 1 aliphatic rings.